The van der Waals surface area contributed by atoms with Gasteiger partial charge in [-0.25, -0.2) is 14.5 Å². The van der Waals surface area contributed by atoms with Crippen molar-refractivity contribution in [1.82, 2.24) is 10.2 Å². The number of carboxylic acids is 1. The van der Waals surface area contributed by atoms with Gasteiger partial charge in [0.2, 0.25) is 6.39 Å². The summed E-state index contributed by atoms with van der Waals surface area (Å²) in [5.74, 6) is -0.650. The molecule has 3 unspecified atom stereocenters. The lowest BCUT2D eigenvalue weighted by Crippen LogP contribution is -2.64. The van der Waals surface area contributed by atoms with Crippen molar-refractivity contribution in [1.29, 1.82) is 0 Å². The van der Waals surface area contributed by atoms with Crippen molar-refractivity contribution in [2.24, 2.45) is 0 Å². The third-order valence-corrected chi connectivity index (χ3v) is 5.56. The van der Waals surface area contributed by atoms with Crippen molar-refractivity contribution in [2.45, 2.75) is 36.9 Å². The van der Waals surface area contributed by atoms with Crippen molar-refractivity contribution < 1.29 is 29.0 Å². The van der Waals surface area contributed by atoms with Crippen molar-refractivity contribution in [3.8, 4) is 5.75 Å². The molecule has 166 valence electrons. The second kappa shape index (κ2) is 8.96. The van der Waals surface area contributed by atoms with Crippen LogP contribution in [0.1, 0.15) is 19.3 Å². The Kier molecular flexibility index (Phi) is 5.93. The first-order chi connectivity index (χ1) is 15.5. The van der Waals surface area contributed by atoms with E-state index in [0.29, 0.717) is 10.6 Å². The zero-order valence-electron chi connectivity index (χ0n) is 17.0. The molecule has 1 fully saturated rings. The van der Waals surface area contributed by atoms with Gasteiger partial charge in [-0.2, -0.15) is 0 Å². The van der Waals surface area contributed by atoms with Gasteiger partial charge in [0.1, 0.15) is 11.9 Å². The molecule has 1 aliphatic carbocycles. The van der Waals surface area contributed by atoms with Crippen LogP contribution in [0.2, 0.25) is 0 Å². The van der Waals surface area contributed by atoms with Crippen LogP contribution in [0.4, 0.5) is 16.5 Å². The van der Waals surface area contributed by atoms with E-state index in [4.69, 9.17) is 9.15 Å². The number of hydrogen-bond acceptors (Lipinski definition) is 7. The zero-order chi connectivity index (χ0) is 22.6. The minimum Gasteiger partial charge on any atom is -0.488 e. The first kappa shape index (κ1) is 21.2. The molecule has 10 heteroatoms. The number of carboxylic acid groups (broad SMARTS) is 2. The van der Waals surface area contributed by atoms with Crippen molar-refractivity contribution in [2.75, 3.05) is 10.2 Å². The number of para-hydroxylation sites is 2. The van der Waals surface area contributed by atoms with Gasteiger partial charge in [-0.3, -0.25) is 0 Å². The number of hydrogen-bond donors (Lipinski definition) is 3. The minimum absolute atomic E-state index is 0.00147. The van der Waals surface area contributed by atoms with Crippen LogP contribution < -0.4 is 15.0 Å². The average molecular weight is 438 g/mol. The van der Waals surface area contributed by atoms with E-state index in [9.17, 15) is 19.8 Å². The number of aromatic nitrogens is 2. The summed E-state index contributed by atoms with van der Waals surface area (Å²) in [6.45, 7) is 0. The highest BCUT2D eigenvalue weighted by molar-refractivity contribution is 5.95. The SMILES string of the molecule is O=C(O)N(c1nnco1)C1(C(=O)O)CCC(Oc2ccccc2)C(Nc2ccccc2)C1. The first-order valence-corrected chi connectivity index (χ1v) is 10.1. The normalized spacial score (nSPS) is 22.6. The fourth-order valence-corrected chi connectivity index (χ4v) is 4.09. The van der Waals surface area contributed by atoms with E-state index in [2.05, 4.69) is 15.5 Å². The number of benzene rings is 2. The van der Waals surface area contributed by atoms with E-state index in [1.54, 1.807) is 0 Å². The Labute approximate surface area is 183 Å². The molecule has 32 heavy (non-hydrogen) atoms. The Morgan fingerprint density at radius 3 is 2.38 bits per heavy atom. The van der Waals surface area contributed by atoms with E-state index in [-0.39, 0.29) is 25.3 Å². The van der Waals surface area contributed by atoms with Gasteiger partial charge >= 0.3 is 18.1 Å². The largest absolute Gasteiger partial charge is 0.488 e. The molecule has 10 nitrogen and oxygen atoms in total. The Morgan fingerprint density at radius 2 is 1.78 bits per heavy atom. The maximum absolute atomic E-state index is 12.5. The molecular weight excluding hydrogens is 416 g/mol. The van der Waals surface area contributed by atoms with Crippen molar-refractivity contribution in [3.63, 3.8) is 0 Å². The highest BCUT2D eigenvalue weighted by Crippen LogP contribution is 2.39. The summed E-state index contributed by atoms with van der Waals surface area (Å²) in [7, 11) is 0. The van der Waals surface area contributed by atoms with E-state index in [0.717, 1.165) is 12.1 Å². The molecule has 3 atom stereocenters. The summed E-state index contributed by atoms with van der Waals surface area (Å²) in [4.78, 5) is 25.3. The van der Waals surface area contributed by atoms with Gasteiger partial charge < -0.3 is 24.7 Å². The van der Waals surface area contributed by atoms with Gasteiger partial charge in [-0.05, 0) is 37.1 Å². The van der Waals surface area contributed by atoms with E-state index >= 15 is 0 Å². The summed E-state index contributed by atoms with van der Waals surface area (Å²) < 4.78 is 11.2. The molecule has 0 saturated heterocycles. The third kappa shape index (κ3) is 4.20. The molecule has 1 saturated carbocycles. The number of carbonyl (C=O) groups is 2. The Morgan fingerprint density at radius 1 is 1.09 bits per heavy atom. The van der Waals surface area contributed by atoms with E-state index < -0.39 is 29.7 Å². The first-order valence-electron chi connectivity index (χ1n) is 10.1. The molecular formula is C22H22N4O6. The van der Waals surface area contributed by atoms with Crippen LogP contribution in [0.25, 0.3) is 0 Å². The molecule has 3 aromatic rings. The van der Waals surface area contributed by atoms with Crippen LogP contribution in [-0.4, -0.2) is 50.2 Å². The van der Waals surface area contributed by atoms with Gasteiger partial charge in [0.15, 0.2) is 5.54 Å². The Balaban J connectivity index is 1.69. The van der Waals surface area contributed by atoms with Crippen LogP contribution >= 0.6 is 0 Å². The molecule has 2 aromatic carbocycles. The van der Waals surface area contributed by atoms with Crippen LogP contribution in [0, 0.1) is 0 Å². The number of nitrogens with one attached hydrogen (secondary N) is 1. The van der Waals surface area contributed by atoms with Crippen LogP contribution in [-0.2, 0) is 4.79 Å². The number of amides is 1. The minimum atomic E-state index is -1.82. The van der Waals surface area contributed by atoms with Gasteiger partial charge in [0, 0.05) is 12.1 Å². The molecule has 1 aliphatic rings. The predicted octanol–water partition coefficient (Wildman–Crippen LogP) is 3.49. The lowest BCUT2D eigenvalue weighted by molar-refractivity contribution is -0.145. The highest BCUT2D eigenvalue weighted by atomic mass is 16.5. The summed E-state index contributed by atoms with van der Waals surface area (Å²) in [6.07, 6.45) is -0.722. The molecule has 4 rings (SSSR count). The van der Waals surface area contributed by atoms with Gasteiger partial charge in [0.25, 0.3) is 0 Å². The highest BCUT2D eigenvalue weighted by Gasteiger charge is 2.55. The molecule has 0 radical (unpaired) electrons. The lowest BCUT2D eigenvalue weighted by Gasteiger charge is -2.45. The van der Waals surface area contributed by atoms with Crippen molar-refractivity contribution >= 4 is 23.8 Å². The maximum atomic E-state index is 12.5. The molecule has 1 heterocycles. The van der Waals surface area contributed by atoms with Crippen molar-refractivity contribution in [3.05, 3.63) is 67.1 Å². The molecule has 0 spiro atoms. The number of aliphatic carboxylic acids is 1. The molecule has 0 bridgehead atoms. The second-order valence-electron chi connectivity index (χ2n) is 7.51. The van der Waals surface area contributed by atoms with Gasteiger partial charge in [-0.1, -0.05) is 41.5 Å². The number of nitrogens with zero attached hydrogens (tertiary/aromatic N) is 3. The van der Waals surface area contributed by atoms with Crippen LogP contribution in [0.15, 0.2) is 71.5 Å². The third-order valence-electron chi connectivity index (χ3n) is 5.56. The lowest BCUT2D eigenvalue weighted by atomic mass is 9.76. The Hall–Kier alpha value is -4.08. The molecule has 0 aliphatic heterocycles. The van der Waals surface area contributed by atoms with Gasteiger partial charge in [-0.15, -0.1) is 5.10 Å². The topological polar surface area (TPSA) is 138 Å². The summed E-state index contributed by atoms with van der Waals surface area (Å²) in [5, 5.41) is 30.6. The fourth-order valence-electron chi connectivity index (χ4n) is 4.09. The standard InChI is InChI=1S/C22H22N4O6/c27-19(28)22(26(21(29)30)20-25-23-14-31-20)12-11-18(32-16-9-5-2-6-10-16)17(13-22)24-15-7-3-1-4-8-15/h1-10,14,17-18,24H,11-13H2,(H,27,28)(H,29,30). The quantitative estimate of drug-likeness (QED) is 0.506. The molecule has 1 aromatic heterocycles. The Bertz CT molecular complexity index is 1050. The monoisotopic (exact) mass is 438 g/mol. The average Bonchev–Trinajstić information content (AvgIpc) is 3.31. The second-order valence-corrected chi connectivity index (χ2v) is 7.51. The van der Waals surface area contributed by atoms with Crippen LogP contribution in [0.5, 0.6) is 5.75 Å². The smallest absolute Gasteiger partial charge is 0.416 e. The summed E-state index contributed by atoms with van der Waals surface area (Å²) in [6, 6.07) is 17.6. The van der Waals surface area contributed by atoms with Crippen LogP contribution in [0.3, 0.4) is 0 Å². The van der Waals surface area contributed by atoms with Gasteiger partial charge in [0.05, 0.1) is 6.04 Å². The summed E-state index contributed by atoms with van der Waals surface area (Å²) >= 11 is 0. The molecule has 3 N–H and O–H groups in total. The maximum Gasteiger partial charge on any atom is 0.416 e. The number of rotatable bonds is 7. The van der Waals surface area contributed by atoms with E-state index in [1.165, 1.54) is 0 Å². The van der Waals surface area contributed by atoms with E-state index in [1.807, 2.05) is 60.7 Å². The predicted molar refractivity (Wildman–Crippen MR) is 114 cm³/mol. The zero-order valence-corrected chi connectivity index (χ0v) is 17.0. The summed E-state index contributed by atoms with van der Waals surface area (Å²) in [5.41, 5.74) is -1.05. The number of anilines is 2. The fraction of sp³-hybridized carbons (Fsp3) is 0.273. The number of ether oxygens (including phenoxy) is 1. The molecule has 1 amide bonds.